The SMILES string of the molecule is CC(C)NC(=O)S(C)(N)(=O)c1cccc(N)c1. The lowest BCUT2D eigenvalue weighted by molar-refractivity contribution is 0.256. The van der Waals surface area contributed by atoms with Crippen molar-refractivity contribution in [2.45, 2.75) is 24.8 Å². The first-order chi connectivity index (χ1) is 7.62. The van der Waals surface area contributed by atoms with Crippen LogP contribution in [0.25, 0.3) is 0 Å². The second-order valence-electron chi connectivity index (χ2n) is 4.57. The topological polar surface area (TPSA) is 98.2 Å². The summed E-state index contributed by atoms with van der Waals surface area (Å²) in [6, 6.07) is 6.15. The van der Waals surface area contributed by atoms with Crippen molar-refractivity contribution in [1.82, 2.24) is 5.32 Å². The minimum absolute atomic E-state index is 0.128. The van der Waals surface area contributed by atoms with Gasteiger partial charge in [0.2, 0.25) is 0 Å². The van der Waals surface area contributed by atoms with Gasteiger partial charge in [-0.25, -0.2) is 0 Å². The Kier molecular flexibility index (Phi) is 3.31. The average molecular weight is 257 g/mol. The molecule has 1 aromatic rings. The molecule has 0 spiro atoms. The number of nitrogens with one attached hydrogen (secondary N) is 1. The summed E-state index contributed by atoms with van der Waals surface area (Å²) in [7, 11) is -4.07. The zero-order valence-electron chi connectivity index (χ0n) is 10.3. The fourth-order valence-corrected chi connectivity index (χ4v) is 2.91. The van der Waals surface area contributed by atoms with Gasteiger partial charge in [0, 0.05) is 32.1 Å². The van der Waals surface area contributed by atoms with Gasteiger partial charge < -0.3 is 11.1 Å². The molecular weight excluding hydrogens is 238 g/mol. The van der Waals surface area contributed by atoms with Gasteiger partial charge in [-0.1, -0.05) is 6.07 Å². The Balaban J connectivity index is 3.24. The van der Waals surface area contributed by atoms with E-state index < -0.39 is 14.5 Å². The van der Waals surface area contributed by atoms with Crippen LogP contribution >= 0.6 is 0 Å². The lowest BCUT2D eigenvalue weighted by Gasteiger charge is -2.33. The van der Waals surface area contributed by atoms with Crippen molar-refractivity contribution in [1.29, 1.82) is 0 Å². The van der Waals surface area contributed by atoms with Crippen LogP contribution < -0.4 is 16.2 Å². The molecule has 0 aromatic heterocycles. The Morgan fingerprint density at radius 3 is 2.47 bits per heavy atom. The number of hydrogen-bond donors (Lipinski definition) is 3. The van der Waals surface area contributed by atoms with Gasteiger partial charge in [0.15, 0.2) is 0 Å². The third-order valence-electron chi connectivity index (χ3n) is 2.31. The molecule has 0 saturated heterocycles. The van der Waals surface area contributed by atoms with E-state index in [1.807, 2.05) is 0 Å². The third kappa shape index (κ3) is 2.83. The van der Waals surface area contributed by atoms with Crippen LogP contribution in [0.4, 0.5) is 10.5 Å². The van der Waals surface area contributed by atoms with Gasteiger partial charge in [0.05, 0.1) is 0 Å². The van der Waals surface area contributed by atoms with Crippen LogP contribution in [0.5, 0.6) is 0 Å². The fraction of sp³-hybridized carbons (Fsp3) is 0.364. The van der Waals surface area contributed by atoms with Crippen molar-refractivity contribution in [2.75, 3.05) is 12.0 Å². The van der Waals surface area contributed by atoms with Crippen molar-refractivity contribution >= 4 is 20.2 Å². The molecule has 0 aliphatic carbocycles. The molecule has 6 heteroatoms. The first-order valence-electron chi connectivity index (χ1n) is 5.23. The van der Waals surface area contributed by atoms with Gasteiger partial charge >= 0.3 is 5.24 Å². The molecule has 96 valence electrons. The summed E-state index contributed by atoms with van der Waals surface area (Å²) in [5, 5.41) is 7.74. The number of benzene rings is 1. The molecule has 1 rings (SSSR count). The van der Waals surface area contributed by atoms with Gasteiger partial charge in [0.25, 0.3) is 0 Å². The molecule has 0 fully saturated rings. The van der Waals surface area contributed by atoms with Crippen molar-refractivity contribution < 1.29 is 9.00 Å². The maximum Gasteiger partial charge on any atom is 0.304 e. The molecule has 5 nitrogen and oxygen atoms in total. The van der Waals surface area contributed by atoms with Crippen LogP contribution in [0.1, 0.15) is 13.8 Å². The standard InChI is InChI=1S/C11H19N3O2S/c1-8(2)14-11(15)17(3,13,16)10-6-4-5-9(12)7-10/h4-8H,12H2,1-3H3,(H2,13,16)(H,14,15). The molecule has 0 atom stereocenters. The van der Waals surface area contributed by atoms with Crippen LogP contribution in [-0.2, 0) is 9.25 Å². The summed E-state index contributed by atoms with van der Waals surface area (Å²) in [6.45, 7) is 3.56. The summed E-state index contributed by atoms with van der Waals surface area (Å²) in [5.41, 5.74) is 6.03. The molecule has 0 radical (unpaired) electrons. The largest absolute Gasteiger partial charge is 0.399 e. The van der Waals surface area contributed by atoms with E-state index >= 15 is 0 Å². The number of anilines is 1. The Bertz CT molecular complexity index is 505. The minimum Gasteiger partial charge on any atom is -0.399 e. The predicted molar refractivity (Wildman–Crippen MR) is 71.0 cm³/mol. The van der Waals surface area contributed by atoms with E-state index in [0.29, 0.717) is 5.69 Å². The van der Waals surface area contributed by atoms with Crippen LogP contribution in [-0.4, -0.2) is 21.7 Å². The summed E-state index contributed by atoms with van der Waals surface area (Å²) in [5.74, 6) is 0. The molecule has 0 unspecified atom stereocenters. The van der Waals surface area contributed by atoms with Gasteiger partial charge in [-0.05, 0) is 32.0 Å². The predicted octanol–water partition coefficient (Wildman–Crippen LogP) is 1.07. The zero-order valence-corrected chi connectivity index (χ0v) is 11.1. The Hall–Kier alpha value is -1.40. The fourth-order valence-electron chi connectivity index (χ4n) is 1.32. The van der Waals surface area contributed by atoms with Gasteiger partial charge in [-0.3, -0.25) is 14.1 Å². The number of nitrogen functional groups attached to an aromatic ring is 1. The molecule has 5 N–H and O–H groups in total. The first-order valence-corrected chi connectivity index (χ1v) is 7.66. The summed E-state index contributed by atoms with van der Waals surface area (Å²) in [4.78, 5) is 12.2. The number of carbonyl (C=O) groups is 1. The van der Waals surface area contributed by atoms with Crippen molar-refractivity contribution in [2.24, 2.45) is 5.14 Å². The number of carbonyl (C=O) groups excluding carboxylic acids is 1. The Labute approximate surface area is 101 Å². The zero-order chi connectivity index (χ0) is 13.3. The average Bonchev–Trinajstić information content (AvgIpc) is 2.16. The third-order valence-corrected chi connectivity index (χ3v) is 4.78. The van der Waals surface area contributed by atoms with Crippen molar-refractivity contribution in [3.8, 4) is 0 Å². The summed E-state index contributed by atoms with van der Waals surface area (Å²) in [6.07, 6.45) is 1.25. The van der Waals surface area contributed by atoms with E-state index in [1.54, 1.807) is 32.0 Å². The smallest absolute Gasteiger partial charge is 0.304 e. The molecule has 0 aliphatic rings. The highest BCUT2D eigenvalue weighted by Crippen LogP contribution is 2.28. The number of rotatable bonds is 2. The van der Waals surface area contributed by atoms with Crippen molar-refractivity contribution in [3.05, 3.63) is 24.3 Å². The van der Waals surface area contributed by atoms with E-state index in [2.05, 4.69) is 5.32 Å². The molecule has 17 heavy (non-hydrogen) atoms. The van der Waals surface area contributed by atoms with E-state index in [1.165, 1.54) is 12.3 Å². The highest BCUT2D eigenvalue weighted by Gasteiger charge is 2.37. The number of hydrogen-bond acceptors (Lipinski definition) is 3. The van der Waals surface area contributed by atoms with Crippen LogP contribution in [0.15, 0.2) is 29.2 Å². The monoisotopic (exact) mass is 257 g/mol. The maximum atomic E-state index is 12.7. The second kappa shape index (κ2) is 4.12. The minimum atomic E-state index is -4.07. The highest BCUT2D eigenvalue weighted by molar-refractivity contribution is 8.29. The summed E-state index contributed by atoms with van der Waals surface area (Å²) >= 11 is 0. The van der Waals surface area contributed by atoms with Gasteiger partial charge in [0.1, 0.15) is 0 Å². The number of amides is 1. The second-order valence-corrected chi connectivity index (χ2v) is 8.24. The quantitative estimate of drug-likeness (QED) is 0.691. The molecular formula is C11H19N3O2S. The number of nitrogens with two attached hydrogens (primary N) is 2. The molecule has 0 aliphatic heterocycles. The molecule has 0 bridgehead atoms. The van der Waals surface area contributed by atoms with Crippen LogP contribution in [0.2, 0.25) is 0 Å². The molecule has 1 amide bonds. The molecule has 1 aromatic carbocycles. The van der Waals surface area contributed by atoms with E-state index in [-0.39, 0.29) is 10.9 Å². The Morgan fingerprint density at radius 2 is 2.00 bits per heavy atom. The van der Waals surface area contributed by atoms with E-state index in [9.17, 15) is 9.00 Å². The highest BCUT2D eigenvalue weighted by atomic mass is 32.3. The lowest BCUT2D eigenvalue weighted by atomic mass is 10.3. The lowest BCUT2D eigenvalue weighted by Crippen LogP contribution is -2.55. The molecule has 0 saturated carbocycles. The van der Waals surface area contributed by atoms with Crippen molar-refractivity contribution in [3.63, 3.8) is 0 Å². The van der Waals surface area contributed by atoms with E-state index in [0.717, 1.165) is 0 Å². The van der Waals surface area contributed by atoms with Gasteiger partial charge in [-0.15, -0.1) is 0 Å². The first kappa shape index (κ1) is 13.7. The van der Waals surface area contributed by atoms with Gasteiger partial charge in [-0.2, -0.15) is 0 Å². The maximum absolute atomic E-state index is 12.7. The Morgan fingerprint density at radius 1 is 1.41 bits per heavy atom. The summed E-state index contributed by atoms with van der Waals surface area (Å²) < 4.78 is 12.7. The normalized spacial score (nSPS) is 14.1. The van der Waals surface area contributed by atoms with Crippen LogP contribution in [0, 0.1) is 0 Å². The van der Waals surface area contributed by atoms with E-state index in [4.69, 9.17) is 10.9 Å². The van der Waals surface area contributed by atoms with Crippen LogP contribution in [0.3, 0.4) is 0 Å². The molecule has 0 heterocycles.